The topological polar surface area (TPSA) is 94.2 Å². The molecule has 1 fully saturated rings. The molecule has 1 N–H and O–H groups in total. The quantitative estimate of drug-likeness (QED) is 0.536. The van der Waals surface area contributed by atoms with Crippen molar-refractivity contribution in [3.8, 4) is 5.75 Å². The summed E-state index contributed by atoms with van der Waals surface area (Å²) in [7, 11) is -3.66. The molecular formula is C18H21FN3O5S+. The van der Waals surface area contributed by atoms with E-state index in [1.807, 2.05) is 0 Å². The molecule has 0 saturated carbocycles. The maximum Gasteiger partial charge on any atom is 0.269 e. The van der Waals surface area contributed by atoms with Crippen molar-refractivity contribution in [1.29, 1.82) is 0 Å². The standard InChI is InChI=1S/C18H20FN3O5S/c19-15-1-5-17(6-2-15)27-14-13-20-9-11-21(12-10-20)28(25,26)18-7-3-16(4-8-18)22(23)24/h1-8H,9-14H2/p+1. The summed E-state index contributed by atoms with van der Waals surface area (Å²) in [6, 6.07) is 10.7. The number of non-ortho nitro benzene ring substituents is 1. The first kappa shape index (κ1) is 20.2. The fourth-order valence-corrected chi connectivity index (χ4v) is 4.47. The number of nitrogens with zero attached hydrogens (tertiary/aromatic N) is 2. The molecule has 0 aromatic heterocycles. The second kappa shape index (κ2) is 8.63. The van der Waals surface area contributed by atoms with Crippen LogP contribution in [0.3, 0.4) is 0 Å². The highest BCUT2D eigenvalue weighted by Gasteiger charge is 2.30. The van der Waals surface area contributed by atoms with Crippen LogP contribution in [0.4, 0.5) is 10.1 Å². The van der Waals surface area contributed by atoms with Gasteiger partial charge >= 0.3 is 0 Å². The molecule has 2 aromatic rings. The molecule has 1 saturated heterocycles. The van der Waals surface area contributed by atoms with E-state index in [4.69, 9.17) is 4.74 Å². The lowest BCUT2D eigenvalue weighted by Gasteiger charge is -2.31. The first-order chi connectivity index (χ1) is 13.4. The molecule has 0 unspecified atom stereocenters. The Morgan fingerprint density at radius 1 is 1.07 bits per heavy atom. The zero-order chi connectivity index (χ0) is 20.1. The average molecular weight is 410 g/mol. The van der Waals surface area contributed by atoms with E-state index in [-0.39, 0.29) is 16.4 Å². The van der Waals surface area contributed by atoms with Gasteiger partial charge in [0.05, 0.1) is 36.0 Å². The Morgan fingerprint density at radius 2 is 1.68 bits per heavy atom. The third-order valence-electron chi connectivity index (χ3n) is 4.65. The summed E-state index contributed by atoms with van der Waals surface area (Å²) in [5, 5.41) is 10.7. The van der Waals surface area contributed by atoms with Gasteiger partial charge in [-0.3, -0.25) is 10.1 Å². The van der Waals surface area contributed by atoms with Crippen molar-refractivity contribution in [2.45, 2.75) is 4.90 Å². The van der Waals surface area contributed by atoms with Crippen molar-refractivity contribution in [1.82, 2.24) is 4.31 Å². The summed E-state index contributed by atoms with van der Waals surface area (Å²) < 4.78 is 45.2. The van der Waals surface area contributed by atoms with Crippen LogP contribution in [-0.2, 0) is 10.0 Å². The molecule has 1 aliphatic heterocycles. The molecule has 8 nitrogen and oxygen atoms in total. The van der Waals surface area contributed by atoms with Crippen LogP contribution in [0.1, 0.15) is 0 Å². The second-order valence-electron chi connectivity index (χ2n) is 6.46. The lowest BCUT2D eigenvalue weighted by molar-refractivity contribution is -0.903. The summed E-state index contributed by atoms with van der Waals surface area (Å²) in [6.45, 7) is 3.17. The highest BCUT2D eigenvalue weighted by molar-refractivity contribution is 7.89. The minimum atomic E-state index is -3.66. The van der Waals surface area contributed by atoms with E-state index in [0.717, 1.165) is 0 Å². The summed E-state index contributed by atoms with van der Waals surface area (Å²) >= 11 is 0. The molecule has 28 heavy (non-hydrogen) atoms. The van der Waals surface area contributed by atoms with Gasteiger partial charge < -0.3 is 9.64 Å². The third-order valence-corrected chi connectivity index (χ3v) is 6.57. The number of halogens is 1. The zero-order valence-corrected chi connectivity index (χ0v) is 15.9. The fraction of sp³-hybridized carbons (Fsp3) is 0.333. The molecule has 2 aromatic carbocycles. The number of benzene rings is 2. The van der Waals surface area contributed by atoms with Crippen LogP contribution in [-0.4, -0.2) is 57.0 Å². The molecule has 10 heteroatoms. The lowest BCUT2D eigenvalue weighted by atomic mass is 10.3. The van der Waals surface area contributed by atoms with E-state index in [0.29, 0.717) is 45.1 Å². The van der Waals surface area contributed by atoms with Gasteiger partial charge in [0, 0.05) is 12.1 Å². The van der Waals surface area contributed by atoms with E-state index < -0.39 is 14.9 Å². The fourth-order valence-electron chi connectivity index (χ4n) is 3.03. The number of hydrogen-bond acceptors (Lipinski definition) is 5. The van der Waals surface area contributed by atoms with Crippen LogP contribution in [0.2, 0.25) is 0 Å². The number of nitro groups is 1. The van der Waals surface area contributed by atoms with Gasteiger partial charge in [0.25, 0.3) is 5.69 Å². The minimum Gasteiger partial charge on any atom is -0.488 e. The lowest BCUT2D eigenvalue weighted by Crippen LogP contribution is -3.15. The molecule has 150 valence electrons. The normalized spacial score (nSPS) is 16.0. The molecule has 0 amide bonds. The van der Waals surface area contributed by atoms with Gasteiger partial charge in [0.15, 0.2) is 0 Å². The van der Waals surface area contributed by atoms with Crippen molar-refractivity contribution in [3.05, 3.63) is 64.5 Å². The van der Waals surface area contributed by atoms with Crippen LogP contribution >= 0.6 is 0 Å². The maximum absolute atomic E-state index is 12.9. The van der Waals surface area contributed by atoms with Gasteiger partial charge in [-0.2, -0.15) is 4.31 Å². The predicted molar refractivity (Wildman–Crippen MR) is 99.3 cm³/mol. The number of nitro benzene ring substituents is 1. The van der Waals surface area contributed by atoms with Crippen LogP contribution in [0.25, 0.3) is 0 Å². The molecule has 3 rings (SSSR count). The van der Waals surface area contributed by atoms with E-state index in [1.54, 1.807) is 12.1 Å². The third kappa shape index (κ3) is 4.83. The second-order valence-corrected chi connectivity index (χ2v) is 8.40. The number of rotatable bonds is 7. The van der Waals surface area contributed by atoms with E-state index >= 15 is 0 Å². The molecule has 0 bridgehead atoms. The largest absolute Gasteiger partial charge is 0.488 e. The van der Waals surface area contributed by atoms with Gasteiger partial charge in [-0.05, 0) is 36.4 Å². The van der Waals surface area contributed by atoms with E-state index in [9.17, 15) is 22.9 Å². The Kier molecular flexibility index (Phi) is 6.22. The molecule has 0 spiro atoms. The van der Waals surface area contributed by atoms with Gasteiger partial charge in [0.2, 0.25) is 10.0 Å². The van der Waals surface area contributed by atoms with Crippen LogP contribution in [0.15, 0.2) is 53.4 Å². The highest BCUT2D eigenvalue weighted by Crippen LogP contribution is 2.19. The Bertz CT molecular complexity index is 911. The first-order valence-corrected chi connectivity index (χ1v) is 10.3. The Balaban J connectivity index is 1.49. The molecule has 0 aliphatic carbocycles. The predicted octanol–water partition coefficient (Wildman–Crippen LogP) is 0.702. The Hall–Kier alpha value is -2.56. The smallest absolute Gasteiger partial charge is 0.269 e. The summed E-state index contributed by atoms with van der Waals surface area (Å²) in [4.78, 5) is 11.4. The number of hydrogen-bond donors (Lipinski definition) is 1. The molecule has 0 atom stereocenters. The highest BCUT2D eigenvalue weighted by atomic mass is 32.2. The van der Waals surface area contributed by atoms with E-state index in [1.165, 1.54) is 45.6 Å². The van der Waals surface area contributed by atoms with Gasteiger partial charge in [-0.25, -0.2) is 12.8 Å². The number of piperazine rings is 1. The van der Waals surface area contributed by atoms with Crippen LogP contribution in [0.5, 0.6) is 5.75 Å². The van der Waals surface area contributed by atoms with E-state index in [2.05, 4.69) is 0 Å². The Labute approximate surface area is 162 Å². The zero-order valence-electron chi connectivity index (χ0n) is 15.1. The average Bonchev–Trinajstić information content (AvgIpc) is 2.70. The van der Waals surface area contributed by atoms with Gasteiger partial charge in [-0.1, -0.05) is 0 Å². The molecular weight excluding hydrogens is 389 g/mol. The van der Waals surface area contributed by atoms with Crippen LogP contribution in [0, 0.1) is 15.9 Å². The number of ether oxygens (including phenoxy) is 1. The minimum absolute atomic E-state index is 0.0567. The van der Waals surface area contributed by atoms with Gasteiger partial charge in [0.1, 0.15) is 24.7 Å². The maximum atomic E-state index is 12.9. The Morgan fingerprint density at radius 3 is 2.25 bits per heavy atom. The van der Waals surface area contributed by atoms with Crippen LogP contribution < -0.4 is 9.64 Å². The van der Waals surface area contributed by atoms with Crippen molar-refractivity contribution in [2.24, 2.45) is 0 Å². The summed E-state index contributed by atoms with van der Waals surface area (Å²) in [5.74, 6) is 0.281. The SMILES string of the molecule is O=[N+]([O-])c1ccc(S(=O)(=O)N2CC[NH+](CCOc3ccc(F)cc3)CC2)cc1. The molecule has 1 aliphatic rings. The number of nitrogens with one attached hydrogen (secondary N) is 1. The molecule has 1 heterocycles. The summed E-state index contributed by atoms with van der Waals surface area (Å²) in [5.41, 5.74) is -0.144. The monoisotopic (exact) mass is 410 g/mol. The number of sulfonamides is 1. The van der Waals surface area contributed by atoms with Crippen molar-refractivity contribution in [2.75, 3.05) is 39.3 Å². The van der Waals surface area contributed by atoms with Gasteiger partial charge in [-0.15, -0.1) is 0 Å². The van der Waals surface area contributed by atoms with Crippen molar-refractivity contribution >= 4 is 15.7 Å². The molecule has 0 radical (unpaired) electrons. The number of quaternary nitrogens is 1. The summed E-state index contributed by atoms with van der Waals surface area (Å²) in [6.07, 6.45) is 0. The van der Waals surface area contributed by atoms with Crippen molar-refractivity contribution < 1.29 is 27.4 Å². The van der Waals surface area contributed by atoms with Crippen molar-refractivity contribution in [3.63, 3.8) is 0 Å². The first-order valence-electron chi connectivity index (χ1n) is 8.83.